The van der Waals surface area contributed by atoms with E-state index in [9.17, 15) is 9.90 Å². The molecule has 1 aromatic heterocycles. The summed E-state index contributed by atoms with van der Waals surface area (Å²) in [6.45, 7) is 6.55. The number of hydrogen-bond acceptors (Lipinski definition) is 5. The molecule has 5 heteroatoms. The van der Waals surface area contributed by atoms with Gasteiger partial charge in [0.25, 0.3) is 0 Å². The summed E-state index contributed by atoms with van der Waals surface area (Å²) in [5, 5.41) is 11.1. The summed E-state index contributed by atoms with van der Waals surface area (Å²) in [5.41, 5.74) is 2.05. The van der Waals surface area contributed by atoms with Gasteiger partial charge in [-0.05, 0) is 42.2 Å². The van der Waals surface area contributed by atoms with Crippen LogP contribution in [-0.2, 0) is 11.3 Å². The third-order valence-corrected chi connectivity index (χ3v) is 4.55. The molecule has 0 amide bonds. The van der Waals surface area contributed by atoms with Crippen molar-refractivity contribution >= 4 is 17.0 Å². The van der Waals surface area contributed by atoms with Crippen molar-refractivity contribution in [1.29, 1.82) is 0 Å². The lowest BCUT2D eigenvalue weighted by Gasteiger charge is -2.21. The number of rotatable bonds is 4. The van der Waals surface area contributed by atoms with E-state index >= 15 is 0 Å². The second-order valence-electron chi connectivity index (χ2n) is 6.35. The fraction of sp³-hybridized carbons (Fsp3) is 0.350. The summed E-state index contributed by atoms with van der Waals surface area (Å²) in [7, 11) is 1.41. The highest BCUT2D eigenvalue weighted by Gasteiger charge is 2.21. The van der Waals surface area contributed by atoms with Crippen LogP contribution in [0.4, 0.5) is 0 Å². The molecule has 0 radical (unpaired) electrons. The van der Waals surface area contributed by atoms with E-state index in [1.54, 1.807) is 6.07 Å². The predicted molar refractivity (Wildman–Crippen MR) is 96.7 cm³/mol. The molecule has 0 spiro atoms. The molecule has 0 saturated carbocycles. The summed E-state index contributed by atoms with van der Waals surface area (Å²) in [5.74, 6) is 1.30. The molecule has 2 aromatic rings. The smallest absolute Gasteiger partial charge is 0.379 e. The highest BCUT2D eigenvalue weighted by Crippen LogP contribution is 2.37. The molecule has 1 N–H and O–H groups in total. The van der Waals surface area contributed by atoms with Gasteiger partial charge >= 0.3 is 5.63 Å². The minimum atomic E-state index is -0.620. The molecule has 2 heterocycles. The number of hydrogen-bond donors (Lipinski definition) is 1. The van der Waals surface area contributed by atoms with E-state index in [2.05, 4.69) is 19.9 Å². The van der Waals surface area contributed by atoms with E-state index in [-0.39, 0.29) is 23.7 Å². The van der Waals surface area contributed by atoms with Gasteiger partial charge in [-0.15, -0.1) is 0 Å². The van der Waals surface area contributed by atoms with Gasteiger partial charge in [0.1, 0.15) is 12.4 Å². The van der Waals surface area contributed by atoms with Crippen molar-refractivity contribution in [1.82, 2.24) is 0 Å². The Kier molecular flexibility index (Phi) is 4.57. The summed E-state index contributed by atoms with van der Waals surface area (Å²) in [6.07, 6.45) is 5.15. The lowest BCUT2D eigenvalue weighted by molar-refractivity contribution is 0.201. The Labute approximate surface area is 146 Å². The predicted octanol–water partition coefficient (Wildman–Crippen LogP) is 4.37. The summed E-state index contributed by atoms with van der Waals surface area (Å²) >= 11 is 0. The van der Waals surface area contributed by atoms with E-state index in [0.29, 0.717) is 16.9 Å². The number of benzene rings is 1. The Hall–Kier alpha value is -2.69. The van der Waals surface area contributed by atoms with Crippen LogP contribution in [0.25, 0.3) is 17.0 Å². The summed E-state index contributed by atoms with van der Waals surface area (Å²) in [4.78, 5) is 11.8. The quantitative estimate of drug-likeness (QED) is 0.836. The van der Waals surface area contributed by atoms with E-state index in [1.807, 2.05) is 19.1 Å². The molecule has 0 saturated heterocycles. The van der Waals surface area contributed by atoms with Gasteiger partial charge in [-0.25, -0.2) is 4.79 Å². The first-order valence-electron chi connectivity index (χ1n) is 8.34. The highest BCUT2D eigenvalue weighted by molar-refractivity contribution is 5.88. The standard InChI is InChI=1S/C20H22O5/c1-5-11(2)6-12(3)16-8-13-7-14-9-17(23-4)20(22)25-19(14)18(21)15(13)10-24-16/h6-9,11,21H,5,10H2,1-4H3/t11-/m1/s1. The maximum absolute atomic E-state index is 11.8. The average molecular weight is 342 g/mol. The lowest BCUT2D eigenvalue weighted by atomic mass is 9.98. The Balaban J connectivity index is 2.13. The molecule has 25 heavy (non-hydrogen) atoms. The van der Waals surface area contributed by atoms with Crippen molar-refractivity contribution in [3.8, 4) is 11.5 Å². The topological polar surface area (TPSA) is 68.9 Å². The van der Waals surface area contributed by atoms with Crippen molar-refractivity contribution in [2.24, 2.45) is 5.92 Å². The molecular formula is C20H22O5. The Morgan fingerprint density at radius 2 is 2.20 bits per heavy atom. The molecule has 0 bridgehead atoms. The minimum Gasteiger partial charge on any atom is -0.504 e. The summed E-state index contributed by atoms with van der Waals surface area (Å²) < 4.78 is 16.0. The number of phenols is 1. The number of fused-ring (bicyclic) bond motifs is 2. The first-order chi connectivity index (χ1) is 11.9. The molecule has 132 valence electrons. The van der Waals surface area contributed by atoms with Crippen LogP contribution < -0.4 is 10.4 Å². The zero-order chi connectivity index (χ0) is 18.1. The van der Waals surface area contributed by atoms with Crippen LogP contribution in [0.5, 0.6) is 11.5 Å². The Morgan fingerprint density at radius 1 is 1.44 bits per heavy atom. The minimum absolute atomic E-state index is 0.0638. The van der Waals surface area contributed by atoms with Gasteiger partial charge in [0.15, 0.2) is 11.3 Å². The molecule has 1 atom stereocenters. The lowest BCUT2D eigenvalue weighted by Crippen LogP contribution is -2.07. The number of ether oxygens (including phenoxy) is 2. The SMILES string of the molecule is CC[C@@H](C)C=C(C)C1=Cc2cc3cc(OC)c(=O)oc3c(O)c2CO1. The number of methoxy groups -OCH3 is 1. The molecule has 5 nitrogen and oxygen atoms in total. The van der Waals surface area contributed by atoms with Crippen LogP contribution >= 0.6 is 0 Å². The highest BCUT2D eigenvalue weighted by atomic mass is 16.5. The monoisotopic (exact) mass is 342 g/mol. The normalized spacial score (nSPS) is 15.4. The molecule has 3 rings (SSSR count). The first-order valence-corrected chi connectivity index (χ1v) is 8.34. The Morgan fingerprint density at radius 3 is 2.88 bits per heavy atom. The van der Waals surface area contributed by atoms with Crippen molar-refractivity contribution in [3.63, 3.8) is 0 Å². The van der Waals surface area contributed by atoms with E-state index < -0.39 is 5.63 Å². The molecule has 1 aliphatic rings. The van der Waals surface area contributed by atoms with Gasteiger partial charge in [0, 0.05) is 10.9 Å². The fourth-order valence-corrected chi connectivity index (χ4v) is 2.90. The maximum atomic E-state index is 11.8. The Bertz CT molecular complexity index is 933. The third kappa shape index (κ3) is 3.14. The second-order valence-corrected chi connectivity index (χ2v) is 6.35. The van der Waals surface area contributed by atoms with Crippen molar-refractivity contribution < 1.29 is 19.0 Å². The van der Waals surface area contributed by atoms with Crippen LogP contribution in [0.2, 0.25) is 0 Å². The van der Waals surface area contributed by atoms with Crippen LogP contribution in [0.15, 0.2) is 38.8 Å². The summed E-state index contributed by atoms with van der Waals surface area (Å²) in [6, 6.07) is 3.45. The molecule has 0 unspecified atom stereocenters. The largest absolute Gasteiger partial charge is 0.504 e. The molecular weight excluding hydrogens is 320 g/mol. The second kappa shape index (κ2) is 6.67. The van der Waals surface area contributed by atoms with Crippen LogP contribution in [0.1, 0.15) is 38.3 Å². The zero-order valence-corrected chi connectivity index (χ0v) is 14.9. The average Bonchev–Trinajstić information content (AvgIpc) is 2.61. The van der Waals surface area contributed by atoms with Gasteiger partial charge in [0.2, 0.25) is 5.75 Å². The maximum Gasteiger partial charge on any atom is 0.379 e. The van der Waals surface area contributed by atoms with E-state index in [1.165, 1.54) is 7.11 Å². The van der Waals surface area contributed by atoms with Gasteiger partial charge in [-0.1, -0.05) is 26.3 Å². The number of phenolic OH excluding ortho intramolecular Hbond substituents is 1. The van der Waals surface area contributed by atoms with Gasteiger partial charge in [-0.2, -0.15) is 0 Å². The van der Waals surface area contributed by atoms with Gasteiger partial charge < -0.3 is 19.0 Å². The van der Waals surface area contributed by atoms with Crippen LogP contribution in [0, 0.1) is 5.92 Å². The fourth-order valence-electron chi connectivity index (χ4n) is 2.90. The number of aromatic hydroxyl groups is 1. The third-order valence-electron chi connectivity index (χ3n) is 4.55. The molecule has 0 aliphatic carbocycles. The van der Waals surface area contributed by atoms with Crippen LogP contribution in [-0.4, -0.2) is 12.2 Å². The molecule has 0 fully saturated rings. The number of allylic oxidation sites excluding steroid dienone is 2. The van der Waals surface area contributed by atoms with Gasteiger partial charge in [0.05, 0.1) is 7.11 Å². The van der Waals surface area contributed by atoms with E-state index in [0.717, 1.165) is 23.3 Å². The van der Waals surface area contributed by atoms with Crippen LogP contribution in [0.3, 0.4) is 0 Å². The van der Waals surface area contributed by atoms with Crippen molar-refractivity contribution in [2.75, 3.05) is 7.11 Å². The first kappa shape index (κ1) is 17.1. The van der Waals surface area contributed by atoms with Crippen molar-refractivity contribution in [2.45, 2.75) is 33.8 Å². The van der Waals surface area contributed by atoms with Gasteiger partial charge in [-0.3, -0.25) is 0 Å². The van der Waals surface area contributed by atoms with Crippen molar-refractivity contribution in [3.05, 3.63) is 51.1 Å². The molecule has 1 aliphatic heterocycles. The molecule has 1 aromatic carbocycles. The zero-order valence-electron chi connectivity index (χ0n) is 14.9. The van der Waals surface area contributed by atoms with E-state index in [4.69, 9.17) is 13.9 Å².